The van der Waals surface area contributed by atoms with Crippen LogP contribution in [-0.4, -0.2) is 0 Å². The van der Waals surface area contributed by atoms with Gasteiger partial charge in [-0.2, -0.15) is 11.1 Å². The minimum Gasteiger partial charge on any atom is -0.289 e. The number of allylic oxidation sites excluding steroid dienone is 7. The van der Waals surface area contributed by atoms with Crippen molar-refractivity contribution in [2.24, 2.45) is 0 Å². The van der Waals surface area contributed by atoms with Crippen LogP contribution in [0.2, 0.25) is 0 Å². The van der Waals surface area contributed by atoms with Crippen LogP contribution in [0.15, 0.2) is 39.5 Å². The standard InChI is InChI=1S/C14H19.Ru/c1-9(2)14(10(3)4)13-8-7-11(5)12(13)6;/h1,7H,8H2,2-6H3;/q-1;+1. The fourth-order valence-corrected chi connectivity index (χ4v) is 2.02. The Labute approximate surface area is 107 Å². The van der Waals surface area contributed by atoms with Gasteiger partial charge in [0.05, 0.1) is 0 Å². The van der Waals surface area contributed by atoms with Crippen LogP contribution in [-0.2, 0) is 19.5 Å². The molecule has 0 spiro atoms. The maximum Gasteiger partial charge on any atom is 1.00 e. The molecule has 0 saturated carbocycles. The molecular formula is C14H19Ru. The van der Waals surface area contributed by atoms with Gasteiger partial charge in [0.1, 0.15) is 0 Å². The van der Waals surface area contributed by atoms with Crippen molar-refractivity contribution in [1.82, 2.24) is 0 Å². The third kappa shape index (κ3) is 3.02. The molecule has 15 heavy (non-hydrogen) atoms. The van der Waals surface area contributed by atoms with Crippen LogP contribution in [0.4, 0.5) is 0 Å². The largest absolute Gasteiger partial charge is 1.00 e. The first-order valence-corrected chi connectivity index (χ1v) is 5.09. The summed E-state index contributed by atoms with van der Waals surface area (Å²) in [6, 6.07) is 0. The third-order valence-electron chi connectivity index (χ3n) is 2.85. The van der Waals surface area contributed by atoms with Gasteiger partial charge in [-0.25, -0.2) is 5.57 Å². The molecule has 0 atom stereocenters. The van der Waals surface area contributed by atoms with Gasteiger partial charge in [0.15, 0.2) is 0 Å². The normalized spacial score (nSPS) is 14.6. The summed E-state index contributed by atoms with van der Waals surface area (Å²) in [6.07, 6.45) is 3.31. The molecule has 0 unspecified atom stereocenters. The van der Waals surface area contributed by atoms with Crippen LogP contribution in [0.3, 0.4) is 0 Å². The van der Waals surface area contributed by atoms with E-state index in [-0.39, 0.29) is 19.5 Å². The van der Waals surface area contributed by atoms with Crippen molar-refractivity contribution in [2.75, 3.05) is 0 Å². The number of rotatable bonds is 2. The van der Waals surface area contributed by atoms with E-state index in [1.165, 1.54) is 27.9 Å². The van der Waals surface area contributed by atoms with Crippen molar-refractivity contribution in [3.8, 4) is 0 Å². The van der Waals surface area contributed by atoms with Crippen LogP contribution in [0.25, 0.3) is 0 Å². The van der Waals surface area contributed by atoms with Gasteiger partial charge in [-0.3, -0.25) is 6.58 Å². The van der Waals surface area contributed by atoms with Crippen molar-refractivity contribution in [1.29, 1.82) is 0 Å². The SMILES string of the molecule is [CH-]=C(C)C(=C(C)C)C1=C(C)C(C)=CC1.[Ru+]. The Morgan fingerprint density at radius 1 is 1.20 bits per heavy atom. The van der Waals surface area contributed by atoms with Crippen LogP contribution in [0, 0.1) is 6.58 Å². The topological polar surface area (TPSA) is 0 Å². The molecule has 1 radical (unpaired) electrons. The molecule has 0 amide bonds. The van der Waals surface area contributed by atoms with Gasteiger partial charge in [-0.1, -0.05) is 38.0 Å². The van der Waals surface area contributed by atoms with Crippen LogP contribution in [0.5, 0.6) is 0 Å². The van der Waals surface area contributed by atoms with Crippen LogP contribution < -0.4 is 0 Å². The Hall–Kier alpha value is -0.417. The third-order valence-corrected chi connectivity index (χ3v) is 2.85. The zero-order valence-electron chi connectivity index (χ0n) is 10.2. The quantitative estimate of drug-likeness (QED) is 0.402. The second-order valence-corrected chi connectivity index (χ2v) is 4.25. The van der Waals surface area contributed by atoms with Crippen molar-refractivity contribution >= 4 is 0 Å². The molecule has 0 bridgehead atoms. The first kappa shape index (κ1) is 14.6. The van der Waals surface area contributed by atoms with Gasteiger partial charge in [-0.05, 0) is 20.3 Å². The van der Waals surface area contributed by atoms with E-state index < -0.39 is 0 Å². The summed E-state index contributed by atoms with van der Waals surface area (Å²) in [7, 11) is 0. The molecule has 0 heterocycles. The van der Waals surface area contributed by atoms with Gasteiger partial charge in [0.25, 0.3) is 0 Å². The molecule has 0 aromatic heterocycles. The summed E-state index contributed by atoms with van der Waals surface area (Å²) in [6.45, 7) is 16.5. The molecular weight excluding hydrogens is 269 g/mol. The van der Waals surface area contributed by atoms with Crippen molar-refractivity contribution < 1.29 is 19.5 Å². The molecule has 1 aliphatic carbocycles. The Morgan fingerprint density at radius 2 is 1.73 bits per heavy atom. The summed E-state index contributed by atoms with van der Waals surface area (Å²) >= 11 is 0. The van der Waals surface area contributed by atoms with E-state index in [9.17, 15) is 0 Å². The second-order valence-electron chi connectivity index (χ2n) is 4.25. The zero-order valence-corrected chi connectivity index (χ0v) is 12.0. The predicted octanol–water partition coefficient (Wildman–Crippen LogP) is 4.37. The molecule has 1 rings (SSSR count). The smallest absolute Gasteiger partial charge is 0.289 e. The Morgan fingerprint density at radius 3 is 2.00 bits per heavy atom. The van der Waals surface area contributed by atoms with E-state index in [1.807, 2.05) is 6.92 Å². The fourth-order valence-electron chi connectivity index (χ4n) is 2.02. The fraction of sp³-hybridized carbons (Fsp3) is 0.429. The van der Waals surface area contributed by atoms with E-state index >= 15 is 0 Å². The Balaban J connectivity index is 0.00000196. The minimum atomic E-state index is 0. The summed E-state index contributed by atoms with van der Waals surface area (Å²) in [5, 5.41) is 0. The van der Waals surface area contributed by atoms with Crippen LogP contribution >= 0.6 is 0 Å². The predicted molar refractivity (Wildman–Crippen MR) is 62.9 cm³/mol. The van der Waals surface area contributed by atoms with Crippen molar-refractivity contribution in [3.63, 3.8) is 0 Å². The first-order chi connectivity index (χ1) is 6.45. The van der Waals surface area contributed by atoms with E-state index in [1.54, 1.807) is 0 Å². The molecule has 1 aliphatic rings. The maximum atomic E-state index is 5.93. The van der Waals surface area contributed by atoms with E-state index in [0.717, 1.165) is 12.0 Å². The van der Waals surface area contributed by atoms with Crippen molar-refractivity contribution in [3.05, 3.63) is 46.1 Å². The maximum absolute atomic E-state index is 5.93. The molecule has 0 N–H and O–H groups in total. The Bertz CT molecular complexity index is 361. The van der Waals surface area contributed by atoms with Crippen LogP contribution in [0.1, 0.15) is 41.0 Å². The average Bonchev–Trinajstić information content (AvgIpc) is 2.35. The monoisotopic (exact) mass is 289 g/mol. The second kappa shape index (κ2) is 5.61. The molecule has 0 nitrogen and oxygen atoms in total. The summed E-state index contributed by atoms with van der Waals surface area (Å²) < 4.78 is 0. The molecule has 0 aliphatic heterocycles. The number of hydrogen-bond donors (Lipinski definition) is 0. The molecule has 0 aromatic rings. The molecule has 0 fully saturated rings. The first-order valence-electron chi connectivity index (χ1n) is 5.09. The Kier molecular flexibility index (Phi) is 5.45. The van der Waals surface area contributed by atoms with E-state index in [2.05, 4.69) is 33.8 Å². The van der Waals surface area contributed by atoms with Gasteiger partial charge >= 0.3 is 19.5 Å². The molecule has 0 saturated heterocycles. The van der Waals surface area contributed by atoms with Gasteiger partial charge < -0.3 is 0 Å². The minimum absolute atomic E-state index is 0. The summed E-state index contributed by atoms with van der Waals surface area (Å²) in [5.41, 5.74) is 7.69. The molecule has 83 valence electrons. The van der Waals surface area contributed by atoms with Gasteiger partial charge in [0.2, 0.25) is 0 Å². The summed E-state index contributed by atoms with van der Waals surface area (Å²) in [4.78, 5) is 0. The van der Waals surface area contributed by atoms with Gasteiger partial charge in [-0.15, -0.1) is 5.57 Å². The zero-order chi connectivity index (χ0) is 10.9. The van der Waals surface area contributed by atoms with E-state index in [0.29, 0.717) is 0 Å². The number of hydrogen-bond acceptors (Lipinski definition) is 0. The van der Waals surface area contributed by atoms with Crippen molar-refractivity contribution in [2.45, 2.75) is 41.0 Å². The average molecular weight is 288 g/mol. The van der Waals surface area contributed by atoms with E-state index in [4.69, 9.17) is 6.58 Å². The molecule has 1 heteroatoms. The molecule has 0 aromatic carbocycles. The summed E-state index contributed by atoms with van der Waals surface area (Å²) in [5.74, 6) is 0. The van der Waals surface area contributed by atoms with Gasteiger partial charge in [0, 0.05) is 0 Å².